The molecular weight excluding hydrogens is 190 g/mol. The van der Waals surface area contributed by atoms with Gasteiger partial charge in [-0.05, 0) is 18.8 Å². The first-order valence-corrected chi connectivity index (χ1v) is 5.89. The van der Waals surface area contributed by atoms with E-state index >= 15 is 0 Å². The van der Waals surface area contributed by atoms with E-state index in [0.29, 0.717) is 13.1 Å². The zero-order valence-electron chi connectivity index (χ0n) is 9.91. The molecule has 0 unspecified atom stereocenters. The van der Waals surface area contributed by atoms with Crippen LogP contribution in [0.5, 0.6) is 0 Å². The van der Waals surface area contributed by atoms with Gasteiger partial charge >= 0.3 is 6.03 Å². The molecule has 0 aromatic rings. The second-order valence-corrected chi connectivity index (χ2v) is 4.33. The molecule has 4 heteroatoms. The summed E-state index contributed by atoms with van der Waals surface area (Å²) in [5.74, 6) is 0.814. The molecule has 1 rings (SSSR count). The highest BCUT2D eigenvalue weighted by atomic mass is 16.2. The Morgan fingerprint density at radius 3 is 2.53 bits per heavy atom. The van der Waals surface area contributed by atoms with Crippen molar-refractivity contribution in [3.8, 4) is 0 Å². The minimum Gasteiger partial charge on any atom is -0.329 e. The number of carbonyl (C=O) groups is 1. The molecule has 1 aliphatic heterocycles. The van der Waals surface area contributed by atoms with Crippen LogP contribution < -0.4 is 5.73 Å². The van der Waals surface area contributed by atoms with Crippen LogP contribution in [0.1, 0.15) is 26.2 Å². The summed E-state index contributed by atoms with van der Waals surface area (Å²) in [4.78, 5) is 15.5. The largest absolute Gasteiger partial charge is 0.329 e. The lowest BCUT2D eigenvalue weighted by atomic mass is 9.95. The highest BCUT2D eigenvalue weighted by molar-refractivity contribution is 5.74. The third kappa shape index (κ3) is 3.38. The van der Waals surface area contributed by atoms with Crippen molar-refractivity contribution in [2.45, 2.75) is 26.2 Å². The van der Waals surface area contributed by atoms with Crippen molar-refractivity contribution in [2.75, 3.05) is 33.2 Å². The Morgan fingerprint density at radius 2 is 2.07 bits per heavy atom. The Balaban J connectivity index is 2.35. The molecule has 0 radical (unpaired) electrons. The number of nitrogens with zero attached hydrogens (tertiary/aromatic N) is 2. The SMILES string of the molecule is CCC1CCN(C(=O)N(C)CCN)CC1. The van der Waals surface area contributed by atoms with E-state index < -0.39 is 0 Å². The lowest BCUT2D eigenvalue weighted by Crippen LogP contribution is -2.46. The molecular formula is C11H23N3O. The fraction of sp³-hybridized carbons (Fsp3) is 0.909. The van der Waals surface area contributed by atoms with Crippen LogP contribution in [-0.4, -0.2) is 49.1 Å². The molecule has 0 spiro atoms. The van der Waals surface area contributed by atoms with E-state index in [1.807, 2.05) is 11.9 Å². The number of urea groups is 1. The van der Waals surface area contributed by atoms with Crippen LogP contribution in [0.2, 0.25) is 0 Å². The molecule has 2 N–H and O–H groups in total. The average Bonchev–Trinajstić information content (AvgIpc) is 2.28. The van der Waals surface area contributed by atoms with Gasteiger partial charge < -0.3 is 15.5 Å². The van der Waals surface area contributed by atoms with Crippen molar-refractivity contribution < 1.29 is 4.79 Å². The molecule has 0 bridgehead atoms. The fourth-order valence-electron chi connectivity index (χ4n) is 2.06. The quantitative estimate of drug-likeness (QED) is 0.763. The van der Waals surface area contributed by atoms with Gasteiger partial charge in [-0.2, -0.15) is 0 Å². The Bertz CT molecular complexity index is 200. The lowest BCUT2D eigenvalue weighted by Gasteiger charge is -2.34. The van der Waals surface area contributed by atoms with Gasteiger partial charge in [0.15, 0.2) is 0 Å². The van der Waals surface area contributed by atoms with E-state index in [1.165, 1.54) is 6.42 Å². The fourth-order valence-corrected chi connectivity index (χ4v) is 2.06. The van der Waals surface area contributed by atoms with E-state index in [4.69, 9.17) is 5.73 Å². The summed E-state index contributed by atoms with van der Waals surface area (Å²) in [6, 6.07) is 0.134. The van der Waals surface area contributed by atoms with E-state index in [1.54, 1.807) is 4.90 Å². The van der Waals surface area contributed by atoms with Crippen LogP contribution in [0.4, 0.5) is 4.79 Å². The molecule has 1 fully saturated rings. The van der Waals surface area contributed by atoms with Crippen molar-refractivity contribution in [1.29, 1.82) is 0 Å². The molecule has 4 nitrogen and oxygen atoms in total. The molecule has 1 saturated heterocycles. The Hall–Kier alpha value is -0.770. The van der Waals surface area contributed by atoms with Crippen molar-refractivity contribution in [2.24, 2.45) is 11.7 Å². The van der Waals surface area contributed by atoms with Gasteiger partial charge in [0.1, 0.15) is 0 Å². The van der Waals surface area contributed by atoms with Crippen LogP contribution in [0, 0.1) is 5.92 Å². The zero-order chi connectivity index (χ0) is 11.3. The van der Waals surface area contributed by atoms with E-state index in [2.05, 4.69) is 6.92 Å². The molecule has 0 aromatic heterocycles. The predicted molar refractivity (Wildman–Crippen MR) is 61.7 cm³/mol. The maximum atomic E-state index is 11.9. The number of hydrogen-bond acceptors (Lipinski definition) is 2. The minimum atomic E-state index is 0.134. The molecule has 1 aliphatic rings. The smallest absolute Gasteiger partial charge is 0.319 e. The normalized spacial score (nSPS) is 17.9. The number of carbonyl (C=O) groups excluding carboxylic acids is 1. The Kier molecular flexibility index (Phi) is 4.88. The summed E-state index contributed by atoms with van der Waals surface area (Å²) < 4.78 is 0. The second-order valence-electron chi connectivity index (χ2n) is 4.33. The van der Waals surface area contributed by atoms with Gasteiger partial charge in [-0.15, -0.1) is 0 Å². The van der Waals surface area contributed by atoms with Crippen LogP contribution in [0.25, 0.3) is 0 Å². The van der Waals surface area contributed by atoms with Crippen LogP contribution in [-0.2, 0) is 0 Å². The highest BCUT2D eigenvalue weighted by Gasteiger charge is 2.23. The third-order valence-corrected chi connectivity index (χ3v) is 3.25. The first-order chi connectivity index (χ1) is 7.19. The monoisotopic (exact) mass is 213 g/mol. The number of piperidine rings is 1. The van der Waals surface area contributed by atoms with Gasteiger partial charge in [0.25, 0.3) is 0 Å². The molecule has 2 amide bonds. The predicted octanol–water partition coefficient (Wildman–Crippen LogP) is 1.12. The first-order valence-electron chi connectivity index (χ1n) is 5.89. The zero-order valence-corrected chi connectivity index (χ0v) is 9.91. The minimum absolute atomic E-state index is 0.134. The van der Waals surface area contributed by atoms with Gasteiger partial charge in [0.2, 0.25) is 0 Å². The van der Waals surface area contributed by atoms with Gasteiger partial charge in [-0.25, -0.2) is 4.79 Å². The highest BCUT2D eigenvalue weighted by Crippen LogP contribution is 2.20. The number of nitrogens with two attached hydrogens (primary N) is 1. The first kappa shape index (κ1) is 12.3. The average molecular weight is 213 g/mol. The Labute approximate surface area is 92.4 Å². The molecule has 0 aromatic carbocycles. The van der Waals surface area contributed by atoms with Gasteiger partial charge in [-0.3, -0.25) is 0 Å². The maximum absolute atomic E-state index is 11.9. The van der Waals surface area contributed by atoms with E-state index in [9.17, 15) is 4.79 Å². The Morgan fingerprint density at radius 1 is 1.47 bits per heavy atom. The van der Waals surface area contributed by atoms with Crippen LogP contribution in [0.3, 0.4) is 0 Å². The van der Waals surface area contributed by atoms with Crippen LogP contribution in [0.15, 0.2) is 0 Å². The van der Waals surface area contributed by atoms with Crippen molar-refractivity contribution in [3.05, 3.63) is 0 Å². The lowest BCUT2D eigenvalue weighted by molar-refractivity contribution is 0.140. The summed E-state index contributed by atoms with van der Waals surface area (Å²) in [5.41, 5.74) is 5.43. The van der Waals surface area contributed by atoms with Gasteiger partial charge in [0.05, 0.1) is 0 Å². The topological polar surface area (TPSA) is 49.6 Å². The molecule has 0 saturated carbocycles. The summed E-state index contributed by atoms with van der Waals surface area (Å²) >= 11 is 0. The van der Waals surface area contributed by atoms with Crippen molar-refractivity contribution in [1.82, 2.24) is 9.80 Å². The van der Waals surface area contributed by atoms with Gasteiger partial charge in [0, 0.05) is 33.2 Å². The number of rotatable bonds is 3. The number of amides is 2. The molecule has 0 atom stereocenters. The van der Waals surface area contributed by atoms with Crippen LogP contribution >= 0.6 is 0 Å². The second kappa shape index (κ2) is 5.95. The summed E-state index contributed by atoms with van der Waals surface area (Å²) in [5, 5.41) is 0. The number of hydrogen-bond donors (Lipinski definition) is 1. The van der Waals surface area contributed by atoms with E-state index in [-0.39, 0.29) is 6.03 Å². The van der Waals surface area contributed by atoms with Crippen molar-refractivity contribution >= 4 is 6.03 Å². The molecule has 15 heavy (non-hydrogen) atoms. The van der Waals surface area contributed by atoms with Gasteiger partial charge in [-0.1, -0.05) is 13.3 Å². The summed E-state index contributed by atoms with van der Waals surface area (Å²) in [6.07, 6.45) is 3.54. The molecule has 1 heterocycles. The molecule has 88 valence electrons. The van der Waals surface area contributed by atoms with Crippen molar-refractivity contribution in [3.63, 3.8) is 0 Å². The molecule has 0 aliphatic carbocycles. The summed E-state index contributed by atoms with van der Waals surface area (Å²) in [6.45, 7) is 5.22. The number of likely N-dealkylation sites (tertiary alicyclic amines) is 1. The summed E-state index contributed by atoms with van der Waals surface area (Å²) in [7, 11) is 1.82. The third-order valence-electron chi connectivity index (χ3n) is 3.25. The van der Waals surface area contributed by atoms with E-state index in [0.717, 1.165) is 31.8 Å². The maximum Gasteiger partial charge on any atom is 0.319 e. The number of likely N-dealkylation sites (N-methyl/N-ethyl adjacent to an activating group) is 1. The standard InChI is InChI=1S/C11H23N3O/c1-3-10-4-7-14(8-5-10)11(15)13(2)9-6-12/h10H,3-9,12H2,1-2H3.